The number of esters is 1. The summed E-state index contributed by atoms with van der Waals surface area (Å²) >= 11 is 0. The molecule has 1 aromatic heterocycles. The highest BCUT2D eigenvalue weighted by atomic mass is 16.6. The van der Waals surface area contributed by atoms with Gasteiger partial charge in [0.15, 0.2) is 5.69 Å². The van der Waals surface area contributed by atoms with Gasteiger partial charge in [-0.1, -0.05) is 13.8 Å². The zero-order valence-electron chi connectivity index (χ0n) is 23.1. The van der Waals surface area contributed by atoms with E-state index >= 15 is 0 Å². The average molecular weight is 515 g/mol. The molecule has 3 aliphatic rings. The quantitative estimate of drug-likeness (QED) is 0.512. The van der Waals surface area contributed by atoms with Gasteiger partial charge in [0.25, 0.3) is 5.91 Å². The molecule has 1 aliphatic heterocycles. The van der Waals surface area contributed by atoms with Crippen LogP contribution < -0.4 is 5.32 Å². The molecule has 2 atom stereocenters. The van der Waals surface area contributed by atoms with Crippen LogP contribution in [0.1, 0.15) is 88.7 Å². The molecule has 9 heteroatoms. The summed E-state index contributed by atoms with van der Waals surface area (Å²) in [7, 11) is 1.35. The van der Waals surface area contributed by atoms with E-state index in [9.17, 15) is 14.4 Å². The Morgan fingerprint density at radius 3 is 2.43 bits per heavy atom. The van der Waals surface area contributed by atoms with E-state index in [1.165, 1.54) is 17.6 Å². The van der Waals surface area contributed by atoms with Crippen molar-refractivity contribution in [1.82, 2.24) is 14.8 Å². The summed E-state index contributed by atoms with van der Waals surface area (Å²) in [6.07, 6.45) is 6.25. The number of anilines is 1. The fraction of sp³-hybridized carbons (Fsp3) is 0.714. The Kier molecular flexibility index (Phi) is 7.99. The van der Waals surface area contributed by atoms with Gasteiger partial charge < -0.3 is 24.6 Å². The van der Waals surface area contributed by atoms with Crippen molar-refractivity contribution in [3.63, 3.8) is 0 Å². The van der Waals surface area contributed by atoms with Crippen molar-refractivity contribution < 1.29 is 23.9 Å². The van der Waals surface area contributed by atoms with Crippen molar-refractivity contribution >= 4 is 23.7 Å². The molecule has 1 N–H and O–H groups in total. The van der Waals surface area contributed by atoms with E-state index in [2.05, 4.69) is 30.2 Å². The lowest BCUT2D eigenvalue weighted by atomic mass is 9.92. The van der Waals surface area contributed by atoms with Gasteiger partial charge >= 0.3 is 12.1 Å². The molecular weight excluding hydrogens is 472 g/mol. The Morgan fingerprint density at radius 2 is 1.86 bits per heavy atom. The highest BCUT2D eigenvalue weighted by Crippen LogP contribution is 2.41. The molecule has 0 spiro atoms. The van der Waals surface area contributed by atoms with Gasteiger partial charge in [-0.25, -0.2) is 9.78 Å². The van der Waals surface area contributed by atoms with Crippen LogP contribution in [0.5, 0.6) is 0 Å². The van der Waals surface area contributed by atoms with E-state index in [1.807, 2.05) is 27.0 Å². The van der Waals surface area contributed by atoms with E-state index in [0.29, 0.717) is 30.6 Å². The van der Waals surface area contributed by atoms with Crippen molar-refractivity contribution in [2.75, 3.05) is 32.1 Å². The van der Waals surface area contributed by atoms with Gasteiger partial charge in [0, 0.05) is 31.9 Å². The zero-order valence-corrected chi connectivity index (χ0v) is 23.1. The summed E-state index contributed by atoms with van der Waals surface area (Å²) in [4.78, 5) is 47.8. The molecular formula is C28H42N4O5. The Morgan fingerprint density at radius 1 is 1.16 bits per heavy atom. The Balaban J connectivity index is 1.63. The standard InChI is InChI=1S/C28H42N4O5/c1-17(2)14-32(22-11-20(26(34)36-6)15-31(16-22)27(35)37-28(3,4)5)25(33)24-23(30-21-9-10-21)12-19(13-29-24)18-7-8-18/h12-13,17-18,20-22,30H,7-11,14-16H2,1-6H3. The summed E-state index contributed by atoms with van der Waals surface area (Å²) in [6.45, 7) is 10.5. The van der Waals surface area contributed by atoms with Crippen molar-refractivity contribution in [2.45, 2.75) is 90.3 Å². The fourth-order valence-corrected chi connectivity index (χ4v) is 4.89. The summed E-state index contributed by atoms with van der Waals surface area (Å²) in [6, 6.07) is 2.09. The number of likely N-dealkylation sites (tertiary alicyclic amines) is 1. The number of hydrogen-bond acceptors (Lipinski definition) is 7. The van der Waals surface area contributed by atoms with Crippen LogP contribution in [0.3, 0.4) is 0 Å². The van der Waals surface area contributed by atoms with E-state index in [1.54, 1.807) is 4.90 Å². The molecule has 0 radical (unpaired) electrons. The van der Waals surface area contributed by atoms with Crippen molar-refractivity contribution in [2.24, 2.45) is 11.8 Å². The van der Waals surface area contributed by atoms with E-state index in [4.69, 9.17) is 9.47 Å². The van der Waals surface area contributed by atoms with Gasteiger partial charge in [0.05, 0.1) is 24.8 Å². The normalized spacial score (nSPS) is 22.0. The Hall–Kier alpha value is -2.84. The molecule has 2 heterocycles. The molecule has 37 heavy (non-hydrogen) atoms. The number of piperidine rings is 1. The number of amides is 2. The summed E-state index contributed by atoms with van der Waals surface area (Å²) in [5.41, 5.74) is 1.69. The van der Waals surface area contributed by atoms with E-state index in [-0.39, 0.29) is 31.0 Å². The molecule has 0 aromatic carbocycles. The Bertz CT molecular complexity index is 1010. The van der Waals surface area contributed by atoms with Gasteiger partial charge in [-0.2, -0.15) is 0 Å². The maximum atomic E-state index is 14.1. The lowest BCUT2D eigenvalue weighted by Gasteiger charge is -2.42. The van der Waals surface area contributed by atoms with Crippen LogP contribution in [0.2, 0.25) is 0 Å². The molecule has 3 fully saturated rings. The van der Waals surface area contributed by atoms with Gasteiger partial charge in [-0.3, -0.25) is 9.59 Å². The molecule has 0 bridgehead atoms. The van der Waals surface area contributed by atoms with Crippen LogP contribution in [0.25, 0.3) is 0 Å². The minimum Gasteiger partial charge on any atom is -0.469 e. The van der Waals surface area contributed by atoms with Crippen LogP contribution in [0, 0.1) is 11.8 Å². The number of carbonyl (C=O) groups is 3. The zero-order chi connectivity index (χ0) is 26.9. The number of nitrogens with zero attached hydrogens (tertiary/aromatic N) is 3. The first-order valence-electron chi connectivity index (χ1n) is 13.6. The maximum absolute atomic E-state index is 14.1. The van der Waals surface area contributed by atoms with E-state index < -0.39 is 23.6 Å². The smallest absolute Gasteiger partial charge is 0.410 e. The molecule has 9 nitrogen and oxygen atoms in total. The number of ether oxygens (including phenoxy) is 2. The molecule has 2 amide bonds. The van der Waals surface area contributed by atoms with Crippen LogP contribution in [-0.2, 0) is 14.3 Å². The summed E-state index contributed by atoms with van der Waals surface area (Å²) in [5, 5.41) is 3.52. The third-order valence-corrected chi connectivity index (χ3v) is 6.98. The molecule has 2 unspecified atom stereocenters. The Labute approximate surface area is 220 Å². The van der Waals surface area contributed by atoms with Gasteiger partial charge in [0.2, 0.25) is 0 Å². The predicted octanol–water partition coefficient (Wildman–Crippen LogP) is 4.43. The van der Waals surface area contributed by atoms with Gasteiger partial charge in [-0.05, 0) is 76.3 Å². The fourth-order valence-electron chi connectivity index (χ4n) is 4.89. The second-order valence-corrected chi connectivity index (χ2v) is 12.2. The molecule has 2 saturated carbocycles. The minimum atomic E-state index is -0.672. The predicted molar refractivity (Wildman–Crippen MR) is 140 cm³/mol. The monoisotopic (exact) mass is 514 g/mol. The second-order valence-electron chi connectivity index (χ2n) is 12.2. The van der Waals surface area contributed by atoms with Crippen LogP contribution in [-0.4, -0.2) is 77.2 Å². The van der Waals surface area contributed by atoms with Gasteiger partial charge in [-0.15, -0.1) is 0 Å². The topological polar surface area (TPSA) is 101 Å². The lowest BCUT2D eigenvalue weighted by Crippen LogP contribution is -2.57. The summed E-state index contributed by atoms with van der Waals surface area (Å²) < 4.78 is 10.7. The number of nitrogens with one attached hydrogen (secondary N) is 1. The second kappa shape index (κ2) is 10.9. The van der Waals surface area contributed by atoms with Crippen LogP contribution in [0.4, 0.5) is 10.5 Å². The highest BCUT2D eigenvalue weighted by Gasteiger charge is 2.41. The van der Waals surface area contributed by atoms with Crippen molar-refractivity contribution in [3.8, 4) is 0 Å². The van der Waals surface area contributed by atoms with Crippen LogP contribution >= 0.6 is 0 Å². The molecule has 1 aromatic rings. The van der Waals surface area contributed by atoms with E-state index in [0.717, 1.165) is 31.4 Å². The number of aromatic nitrogens is 1. The van der Waals surface area contributed by atoms with Crippen molar-refractivity contribution in [3.05, 3.63) is 23.5 Å². The number of rotatable bonds is 8. The first-order valence-corrected chi connectivity index (χ1v) is 13.6. The molecule has 4 rings (SSSR count). The number of methoxy groups -OCH3 is 1. The molecule has 204 valence electrons. The number of hydrogen-bond donors (Lipinski definition) is 1. The third-order valence-electron chi connectivity index (χ3n) is 6.98. The van der Waals surface area contributed by atoms with Gasteiger partial charge in [0.1, 0.15) is 5.60 Å². The SMILES string of the molecule is COC(=O)C1CC(N(CC(C)C)C(=O)c2ncc(C3CC3)cc2NC2CC2)CN(C(=O)OC(C)(C)C)C1. The first kappa shape index (κ1) is 27.2. The average Bonchev–Trinajstić information content (AvgIpc) is 3.75. The summed E-state index contributed by atoms with van der Waals surface area (Å²) in [5.74, 6) is -0.405. The third kappa shape index (κ3) is 7.14. The van der Waals surface area contributed by atoms with Crippen molar-refractivity contribution in [1.29, 1.82) is 0 Å². The molecule has 1 saturated heterocycles. The maximum Gasteiger partial charge on any atom is 0.410 e. The highest BCUT2D eigenvalue weighted by molar-refractivity contribution is 5.98. The number of carbonyl (C=O) groups excluding carboxylic acids is 3. The van der Waals surface area contributed by atoms with Crippen LogP contribution in [0.15, 0.2) is 12.3 Å². The molecule has 2 aliphatic carbocycles. The minimum absolute atomic E-state index is 0.182. The largest absolute Gasteiger partial charge is 0.469 e. The lowest BCUT2D eigenvalue weighted by molar-refractivity contribution is -0.148. The number of pyridine rings is 1. The first-order chi connectivity index (χ1) is 17.4.